The van der Waals surface area contributed by atoms with Gasteiger partial charge in [-0.05, 0) is 68.5 Å². The molecule has 35 heavy (non-hydrogen) atoms. The van der Waals surface area contributed by atoms with Crippen LogP contribution in [0.2, 0.25) is 0 Å². The molecule has 0 fully saturated rings. The van der Waals surface area contributed by atoms with Gasteiger partial charge in [0, 0.05) is 29.3 Å². The maximum atomic E-state index is 13.7. The van der Waals surface area contributed by atoms with E-state index < -0.39 is 11.9 Å². The van der Waals surface area contributed by atoms with Crippen LogP contribution in [0.25, 0.3) is 0 Å². The lowest BCUT2D eigenvalue weighted by Gasteiger charge is -2.37. The Morgan fingerprint density at radius 2 is 1.77 bits per heavy atom. The third kappa shape index (κ3) is 4.76. The summed E-state index contributed by atoms with van der Waals surface area (Å²) in [5.41, 5.74) is 4.02. The first-order valence-corrected chi connectivity index (χ1v) is 11.7. The van der Waals surface area contributed by atoms with Gasteiger partial charge in [-0.1, -0.05) is 18.2 Å². The van der Waals surface area contributed by atoms with E-state index in [1.807, 2.05) is 31.2 Å². The van der Waals surface area contributed by atoms with Gasteiger partial charge in [0.1, 0.15) is 5.75 Å². The maximum Gasteiger partial charge on any atom is 0.337 e. The minimum atomic E-state index is -0.622. The number of aromatic hydroxyl groups is 1. The van der Waals surface area contributed by atoms with Crippen molar-refractivity contribution in [3.8, 4) is 17.2 Å². The van der Waals surface area contributed by atoms with E-state index in [2.05, 4.69) is 5.32 Å². The third-order valence-electron chi connectivity index (χ3n) is 6.47. The number of phenols is 1. The highest BCUT2D eigenvalue weighted by atomic mass is 16.5. The van der Waals surface area contributed by atoms with Gasteiger partial charge in [-0.3, -0.25) is 4.79 Å². The predicted octanol–water partition coefficient (Wildman–Crippen LogP) is 4.72. The Hall–Kier alpha value is -3.74. The molecule has 0 saturated carbocycles. The number of ketones is 1. The summed E-state index contributed by atoms with van der Waals surface area (Å²) in [4.78, 5) is 26.8. The van der Waals surface area contributed by atoms with Crippen molar-refractivity contribution in [3.63, 3.8) is 0 Å². The lowest BCUT2D eigenvalue weighted by molar-refractivity contribution is -0.143. The number of Topliss-reactive ketones (excluding diaryl/α,β-unsaturated/α-hetero) is 1. The van der Waals surface area contributed by atoms with Gasteiger partial charge in [0.05, 0.1) is 25.9 Å². The van der Waals surface area contributed by atoms with E-state index in [0.717, 1.165) is 11.3 Å². The topological polar surface area (TPSA) is 94.1 Å². The summed E-state index contributed by atoms with van der Waals surface area (Å²) < 4.78 is 16.3. The normalized spacial score (nSPS) is 19.9. The zero-order valence-electron chi connectivity index (χ0n) is 20.7. The molecule has 1 aliphatic carbocycles. The number of esters is 1. The van der Waals surface area contributed by atoms with Crippen molar-refractivity contribution in [1.82, 2.24) is 5.32 Å². The molecule has 0 spiro atoms. The van der Waals surface area contributed by atoms with Crippen LogP contribution in [0, 0.1) is 0 Å². The molecular weight excluding hydrogens is 446 g/mol. The molecule has 2 aromatic rings. The second kappa shape index (κ2) is 9.86. The quantitative estimate of drug-likeness (QED) is 0.581. The van der Waals surface area contributed by atoms with Gasteiger partial charge in [0.2, 0.25) is 0 Å². The number of hydrogen-bond acceptors (Lipinski definition) is 7. The lowest BCUT2D eigenvalue weighted by Crippen LogP contribution is -2.36. The van der Waals surface area contributed by atoms with Crippen LogP contribution in [-0.2, 0) is 14.3 Å². The van der Waals surface area contributed by atoms with E-state index in [4.69, 9.17) is 14.2 Å². The maximum absolute atomic E-state index is 13.7. The molecule has 2 aromatic carbocycles. The van der Waals surface area contributed by atoms with E-state index in [0.29, 0.717) is 40.3 Å². The van der Waals surface area contributed by atoms with Gasteiger partial charge in [-0.25, -0.2) is 4.79 Å². The molecule has 2 atom stereocenters. The molecule has 0 amide bonds. The van der Waals surface area contributed by atoms with E-state index in [9.17, 15) is 14.7 Å². The van der Waals surface area contributed by atoms with Crippen LogP contribution in [0.5, 0.6) is 17.2 Å². The van der Waals surface area contributed by atoms with Crippen molar-refractivity contribution in [1.29, 1.82) is 0 Å². The molecule has 4 rings (SSSR count). The Morgan fingerprint density at radius 3 is 2.43 bits per heavy atom. The van der Waals surface area contributed by atoms with Crippen molar-refractivity contribution in [2.24, 2.45) is 0 Å². The van der Waals surface area contributed by atoms with Crippen LogP contribution < -0.4 is 14.8 Å². The lowest BCUT2D eigenvalue weighted by atomic mass is 9.71. The van der Waals surface area contributed by atoms with E-state index in [-0.39, 0.29) is 30.0 Å². The van der Waals surface area contributed by atoms with Crippen LogP contribution >= 0.6 is 0 Å². The van der Waals surface area contributed by atoms with E-state index in [1.165, 1.54) is 0 Å². The monoisotopic (exact) mass is 477 g/mol. The Bertz CT molecular complexity index is 1230. The molecule has 0 unspecified atom stereocenters. The van der Waals surface area contributed by atoms with Gasteiger partial charge in [0.25, 0.3) is 0 Å². The van der Waals surface area contributed by atoms with E-state index in [1.54, 1.807) is 46.3 Å². The van der Waals surface area contributed by atoms with Crippen LogP contribution in [0.15, 0.2) is 65.0 Å². The molecular formula is C28H31NO6. The Kier molecular flexibility index (Phi) is 6.87. The summed E-state index contributed by atoms with van der Waals surface area (Å²) in [6.07, 6.45) is 0.576. The number of nitrogens with one attached hydrogen (secondary N) is 1. The summed E-state index contributed by atoms with van der Waals surface area (Å²) in [6.45, 7) is 5.40. The summed E-state index contributed by atoms with van der Waals surface area (Å²) in [5.74, 6) is 0.114. The molecule has 7 nitrogen and oxygen atoms in total. The summed E-state index contributed by atoms with van der Waals surface area (Å²) >= 11 is 0. The van der Waals surface area contributed by atoms with Crippen molar-refractivity contribution in [2.45, 2.75) is 51.6 Å². The van der Waals surface area contributed by atoms with Crippen molar-refractivity contribution >= 4 is 11.8 Å². The van der Waals surface area contributed by atoms with Crippen molar-refractivity contribution in [2.75, 3.05) is 14.2 Å². The minimum Gasteiger partial charge on any atom is -0.508 e. The molecule has 0 saturated heterocycles. The fourth-order valence-corrected chi connectivity index (χ4v) is 4.97. The average Bonchev–Trinajstić information content (AvgIpc) is 2.82. The average molecular weight is 478 g/mol. The first-order chi connectivity index (χ1) is 16.7. The first kappa shape index (κ1) is 24.4. The number of phenolic OH excluding ortho intramolecular Hbond substituents is 1. The van der Waals surface area contributed by atoms with E-state index >= 15 is 0 Å². The Balaban J connectivity index is 1.77. The SMILES string of the molecule is COc1ccc([C@H]2CC(=O)C3=C(C2)NC(C)=C(C(=O)OC(C)C)[C@@H]3c2cccc(O)c2)cc1OC. The molecule has 0 radical (unpaired) electrons. The highest BCUT2D eigenvalue weighted by Gasteiger charge is 2.41. The van der Waals surface area contributed by atoms with Crippen molar-refractivity contribution in [3.05, 3.63) is 76.1 Å². The van der Waals surface area contributed by atoms with Crippen LogP contribution in [-0.4, -0.2) is 37.2 Å². The number of ether oxygens (including phenoxy) is 3. The minimum absolute atomic E-state index is 0.0470. The second-order valence-corrected chi connectivity index (χ2v) is 9.18. The van der Waals surface area contributed by atoms with Crippen LogP contribution in [0.4, 0.5) is 0 Å². The van der Waals surface area contributed by atoms with Crippen LogP contribution in [0.1, 0.15) is 56.6 Å². The van der Waals surface area contributed by atoms with Gasteiger partial charge >= 0.3 is 5.97 Å². The number of methoxy groups -OCH3 is 2. The number of hydrogen-bond donors (Lipinski definition) is 2. The number of rotatable bonds is 6. The zero-order chi connectivity index (χ0) is 25.3. The largest absolute Gasteiger partial charge is 0.508 e. The summed E-state index contributed by atoms with van der Waals surface area (Å²) in [6, 6.07) is 12.4. The molecule has 2 aliphatic rings. The summed E-state index contributed by atoms with van der Waals surface area (Å²) in [5, 5.41) is 13.5. The van der Waals surface area contributed by atoms with Crippen molar-refractivity contribution < 1.29 is 28.9 Å². The highest BCUT2D eigenvalue weighted by molar-refractivity contribution is 6.04. The molecule has 0 bridgehead atoms. The number of dihydropyridines is 1. The Morgan fingerprint density at radius 1 is 1.03 bits per heavy atom. The summed E-state index contributed by atoms with van der Waals surface area (Å²) in [7, 11) is 3.17. The molecule has 1 aliphatic heterocycles. The molecule has 184 valence electrons. The van der Waals surface area contributed by atoms with Gasteiger partial charge in [-0.15, -0.1) is 0 Å². The van der Waals surface area contributed by atoms with Gasteiger partial charge < -0.3 is 24.6 Å². The number of benzene rings is 2. The first-order valence-electron chi connectivity index (χ1n) is 11.7. The number of carbonyl (C=O) groups excluding carboxylic acids is 2. The smallest absolute Gasteiger partial charge is 0.337 e. The number of allylic oxidation sites excluding steroid dienone is 3. The highest BCUT2D eigenvalue weighted by Crippen LogP contribution is 2.46. The zero-order valence-corrected chi connectivity index (χ0v) is 20.7. The second-order valence-electron chi connectivity index (χ2n) is 9.18. The van der Waals surface area contributed by atoms with Gasteiger partial charge in [0.15, 0.2) is 17.3 Å². The number of carbonyl (C=O) groups is 2. The molecule has 2 N–H and O–H groups in total. The standard InChI is InChI=1S/C28H31NO6/c1-15(2)35-28(32)25-16(3)29-21-12-19(17-9-10-23(33-4)24(14-17)34-5)13-22(31)27(21)26(25)18-7-6-8-20(30)11-18/h6-11,14-15,19,26,29-30H,12-13H2,1-5H3/t19-,26+/m1/s1. The van der Waals surface area contributed by atoms with Crippen LogP contribution in [0.3, 0.4) is 0 Å². The molecule has 0 aromatic heterocycles. The predicted molar refractivity (Wildman–Crippen MR) is 131 cm³/mol. The Labute approximate surface area is 205 Å². The molecule has 7 heteroatoms. The van der Waals surface area contributed by atoms with Gasteiger partial charge in [-0.2, -0.15) is 0 Å². The third-order valence-corrected chi connectivity index (χ3v) is 6.47. The fraction of sp³-hybridized carbons (Fsp3) is 0.357. The fourth-order valence-electron chi connectivity index (χ4n) is 4.97. The molecule has 1 heterocycles.